The van der Waals surface area contributed by atoms with Gasteiger partial charge < -0.3 is 5.11 Å². The maximum atomic E-state index is 11.4. The predicted molar refractivity (Wildman–Crippen MR) is 105 cm³/mol. The van der Waals surface area contributed by atoms with Gasteiger partial charge in [-0.1, -0.05) is 77.2 Å². The molecule has 140 valence electrons. The minimum Gasteiger partial charge on any atom is -0.481 e. The summed E-state index contributed by atoms with van der Waals surface area (Å²) in [5, 5.41) is 9.41. The molecular weight excluding hydrogens is 296 g/mol. The first-order valence-corrected chi connectivity index (χ1v) is 10.2. The van der Waals surface area contributed by atoms with Crippen LogP contribution in [0.5, 0.6) is 0 Å². The molecule has 0 saturated carbocycles. The van der Waals surface area contributed by atoms with Crippen molar-refractivity contribution in [2.45, 2.75) is 104 Å². The van der Waals surface area contributed by atoms with Crippen molar-refractivity contribution >= 4 is 5.97 Å². The Labute approximate surface area is 150 Å². The van der Waals surface area contributed by atoms with Crippen LogP contribution in [0.15, 0.2) is 24.3 Å². The molecule has 0 unspecified atom stereocenters. The fraction of sp³-hybridized carbons (Fsp3) is 0.773. The highest BCUT2D eigenvalue weighted by Gasteiger charge is 2.33. The molecule has 0 radical (unpaired) electrons. The SMILES string of the molecule is CCCCC/C=C\C/C=C\CCCCCCC(CC)(CC)C(=O)O. The highest BCUT2D eigenvalue weighted by molar-refractivity contribution is 5.74. The quantitative estimate of drug-likeness (QED) is 0.237. The fourth-order valence-electron chi connectivity index (χ4n) is 3.11. The van der Waals surface area contributed by atoms with E-state index in [1.807, 2.05) is 13.8 Å². The van der Waals surface area contributed by atoms with E-state index in [2.05, 4.69) is 31.2 Å². The smallest absolute Gasteiger partial charge is 0.309 e. The lowest BCUT2D eigenvalue weighted by molar-refractivity contribution is -0.150. The molecule has 0 heterocycles. The third kappa shape index (κ3) is 10.7. The van der Waals surface area contributed by atoms with E-state index in [1.54, 1.807) is 0 Å². The Balaban J connectivity index is 3.60. The number of carboxylic acids is 1. The van der Waals surface area contributed by atoms with Gasteiger partial charge in [-0.15, -0.1) is 0 Å². The minimum absolute atomic E-state index is 0.483. The first-order chi connectivity index (χ1) is 11.6. The molecular formula is C22H40O2. The lowest BCUT2D eigenvalue weighted by atomic mass is 9.78. The van der Waals surface area contributed by atoms with Gasteiger partial charge >= 0.3 is 5.97 Å². The summed E-state index contributed by atoms with van der Waals surface area (Å²) in [7, 11) is 0. The summed E-state index contributed by atoms with van der Waals surface area (Å²) in [4.78, 5) is 11.4. The second kappa shape index (κ2) is 15.5. The van der Waals surface area contributed by atoms with Crippen molar-refractivity contribution in [3.63, 3.8) is 0 Å². The van der Waals surface area contributed by atoms with Gasteiger partial charge in [0.1, 0.15) is 0 Å². The molecule has 0 fully saturated rings. The normalized spacial score (nSPS) is 12.5. The van der Waals surface area contributed by atoms with Gasteiger partial charge in [-0.3, -0.25) is 4.79 Å². The Bertz CT molecular complexity index is 351. The second-order valence-electron chi connectivity index (χ2n) is 6.92. The molecule has 24 heavy (non-hydrogen) atoms. The summed E-state index contributed by atoms with van der Waals surface area (Å²) >= 11 is 0. The van der Waals surface area contributed by atoms with Gasteiger partial charge in [0.05, 0.1) is 5.41 Å². The zero-order chi connectivity index (χ0) is 18.1. The van der Waals surface area contributed by atoms with Crippen LogP contribution in [0.2, 0.25) is 0 Å². The van der Waals surface area contributed by atoms with Crippen molar-refractivity contribution in [3.05, 3.63) is 24.3 Å². The second-order valence-corrected chi connectivity index (χ2v) is 6.92. The number of allylic oxidation sites excluding steroid dienone is 4. The topological polar surface area (TPSA) is 37.3 Å². The third-order valence-corrected chi connectivity index (χ3v) is 5.16. The fourth-order valence-corrected chi connectivity index (χ4v) is 3.11. The summed E-state index contributed by atoms with van der Waals surface area (Å²) in [6.45, 7) is 6.24. The molecule has 2 nitrogen and oxygen atoms in total. The van der Waals surface area contributed by atoms with Gasteiger partial charge in [0, 0.05) is 0 Å². The van der Waals surface area contributed by atoms with Crippen LogP contribution >= 0.6 is 0 Å². The average molecular weight is 337 g/mol. The van der Waals surface area contributed by atoms with E-state index in [0.717, 1.165) is 44.9 Å². The van der Waals surface area contributed by atoms with Crippen LogP contribution in [0.4, 0.5) is 0 Å². The first kappa shape index (κ1) is 22.9. The molecule has 0 amide bonds. The zero-order valence-corrected chi connectivity index (χ0v) is 16.4. The maximum Gasteiger partial charge on any atom is 0.309 e. The van der Waals surface area contributed by atoms with Crippen molar-refractivity contribution < 1.29 is 9.90 Å². The Hall–Kier alpha value is -1.05. The lowest BCUT2D eigenvalue weighted by Crippen LogP contribution is -2.29. The van der Waals surface area contributed by atoms with E-state index in [0.29, 0.717) is 0 Å². The van der Waals surface area contributed by atoms with E-state index in [-0.39, 0.29) is 0 Å². The van der Waals surface area contributed by atoms with Crippen LogP contribution < -0.4 is 0 Å². The van der Waals surface area contributed by atoms with Crippen LogP contribution in [-0.2, 0) is 4.79 Å². The van der Waals surface area contributed by atoms with E-state index in [9.17, 15) is 9.90 Å². The molecule has 0 atom stereocenters. The van der Waals surface area contributed by atoms with Crippen molar-refractivity contribution in [1.82, 2.24) is 0 Å². The third-order valence-electron chi connectivity index (χ3n) is 5.16. The summed E-state index contributed by atoms with van der Waals surface area (Å²) in [5.41, 5.74) is -0.483. The largest absolute Gasteiger partial charge is 0.481 e. The molecule has 0 aromatic heterocycles. The number of hydrogen-bond acceptors (Lipinski definition) is 1. The Morgan fingerprint density at radius 3 is 1.83 bits per heavy atom. The van der Waals surface area contributed by atoms with Crippen LogP contribution in [0.3, 0.4) is 0 Å². The van der Waals surface area contributed by atoms with Gasteiger partial charge in [-0.05, 0) is 51.4 Å². The summed E-state index contributed by atoms with van der Waals surface area (Å²) in [6, 6.07) is 0. The Kier molecular flexibility index (Phi) is 14.8. The Morgan fingerprint density at radius 2 is 1.33 bits per heavy atom. The molecule has 1 N–H and O–H groups in total. The van der Waals surface area contributed by atoms with E-state index < -0.39 is 11.4 Å². The molecule has 2 heteroatoms. The predicted octanol–water partition coefficient (Wildman–Crippen LogP) is 7.30. The number of rotatable bonds is 16. The van der Waals surface area contributed by atoms with Crippen LogP contribution in [0, 0.1) is 5.41 Å². The number of carbonyl (C=O) groups is 1. The van der Waals surface area contributed by atoms with Crippen LogP contribution in [0.25, 0.3) is 0 Å². The van der Waals surface area contributed by atoms with Crippen molar-refractivity contribution in [2.75, 3.05) is 0 Å². The molecule has 0 aromatic rings. The number of unbranched alkanes of at least 4 members (excludes halogenated alkanes) is 7. The average Bonchev–Trinajstić information content (AvgIpc) is 2.58. The molecule has 0 aromatic carbocycles. The molecule has 0 bridgehead atoms. The number of hydrogen-bond donors (Lipinski definition) is 1. The summed E-state index contributed by atoms with van der Waals surface area (Å²) in [5.74, 6) is -0.613. The van der Waals surface area contributed by atoms with Crippen molar-refractivity contribution in [2.24, 2.45) is 5.41 Å². The van der Waals surface area contributed by atoms with Crippen molar-refractivity contribution in [3.8, 4) is 0 Å². The standard InChI is InChI=1S/C22H40O2/c1-4-7-8-9-10-11-12-13-14-15-16-17-18-19-20-22(5-2,6-3)21(23)24/h10-11,13-14H,4-9,12,15-20H2,1-3H3,(H,23,24)/b11-10-,14-13-. The molecule has 0 aliphatic carbocycles. The van der Waals surface area contributed by atoms with E-state index in [1.165, 1.54) is 38.5 Å². The zero-order valence-electron chi connectivity index (χ0n) is 16.4. The molecule has 0 aliphatic rings. The maximum absolute atomic E-state index is 11.4. The van der Waals surface area contributed by atoms with Gasteiger partial charge in [0.15, 0.2) is 0 Å². The highest BCUT2D eigenvalue weighted by atomic mass is 16.4. The number of carboxylic acid groups (broad SMARTS) is 1. The van der Waals surface area contributed by atoms with E-state index >= 15 is 0 Å². The minimum atomic E-state index is -0.613. The molecule has 0 rings (SSSR count). The van der Waals surface area contributed by atoms with Crippen LogP contribution in [0.1, 0.15) is 104 Å². The van der Waals surface area contributed by atoms with Gasteiger partial charge in [-0.2, -0.15) is 0 Å². The monoisotopic (exact) mass is 336 g/mol. The highest BCUT2D eigenvalue weighted by Crippen LogP contribution is 2.33. The summed E-state index contributed by atoms with van der Waals surface area (Å²) < 4.78 is 0. The Morgan fingerprint density at radius 1 is 0.792 bits per heavy atom. The molecule has 0 spiro atoms. The molecule has 0 saturated heterocycles. The summed E-state index contributed by atoms with van der Waals surface area (Å²) in [6.07, 6.45) is 23.4. The first-order valence-electron chi connectivity index (χ1n) is 10.2. The van der Waals surface area contributed by atoms with Crippen molar-refractivity contribution in [1.29, 1.82) is 0 Å². The van der Waals surface area contributed by atoms with Gasteiger partial charge in [0.25, 0.3) is 0 Å². The van der Waals surface area contributed by atoms with E-state index in [4.69, 9.17) is 0 Å². The van der Waals surface area contributed by atoms with Crippen LogP contribution in [-0.4, -0.2) is 11.1 Å². The van der Waals surface area contributed by atoms with Gasteiger partial charge in [0.2, 0.25) is 0 Å². The lowest BCUT2D eigenvalue weighted by Gasteiger charge is -2.26. The molecule has 0 aliphatic heterocycles. The number of aliphatic carboxylic acids is 1. The van der Waals surface area contributed by atoms with Gasteiger partial charge in [-0.25, -0.2) is 0 Å².